The molecule has 5 heteroatoms. The van der Waals surface area contributed by atoms with Gasteiger partial charge in [0.2, 0.25) is 0 Å². The molecule has 98 valence electrons. The molecule has 0 bridgehead atoms. The monoisotopic (exact) mass is 269 g/mol. The van der Waals surface area contributed by atoms with E-state index in [-0.39, 0.29) is 19.1 Å². The maximum absolute atomic E-state index is 11.4. The van der Waals surface area contributed by atoms with Gasteiger partial charge in [-0.05, 0) is 19.1 Å². The van der Waals surface area contributed by atoms with E-state index in [0.29, 0.717) is 23.1 Å². The summed E-state index contributed by atoms with van der Waals surface area (Å²) < 4.78 is 10.7. The lowest BCUT2D eigenvalue weighted by Crippen LogP contribution is -2.29. The average molecular weight is 270 g/mol. The number of nitrogens with one attached hydrogen (secondary N) is 1. The number of ether oxygens (including phenoxy) is 2. The molecule has 1 amide bonds. The van der Waals surface area contributed by atoms with Gasteiger partial charge in [0, 0.05) is 5.03 Å². The van der Waals surface area contributed by atoms with Crippen molar-refractivity contribution in [3.63, 3.8) is 0 Å². The molecule has 0 aromatic heterocycles. The van der Waals surface area contributed by atoms with E-state index >= 15 is 0 Å². The second-order valence-corrected chi connectivity index (χ2v) is 4.00. The quantitative estimate of drug-likeness (QED) is 0.826. The van der Waals surface area contributed by atoms with Crippen molar-refractivity contribution in [3.8, 4) is 11.5 Å². The number of para-hydroxylation sites is 2. The molecule has 0 saturated heterocycles. The molecule has 0 aliphatic rings. The Morgan fingerprint density at radius 1 is 1.33 bits per heavy atom. The fourth-order valence-corrected chi connectivity index (χ4v) is 1.30. The predicted octanol–water partition coefficient (Wildman–Crippen LogP) is 2.33. The highest BCUT2D eigenvalue weighted by molar-refractivity contribution is 6.29. The first-order valence-corrected chi connectivity index (χ1v) is 5.96. The average Bonchev–Trinajstić information content (AvgIpc) is 2.35. The van der Waals surface area contributed by atoms with Crippen molar-refractivity contribution in [2.45, 2.75) is 6.92 Å². The Balaban J connectivity index is 2.47. The van der Waals surface area contributed by atoms with Gasteiger partial charge in [-0.2, -0.15) is 0 Å². The highest BCUT2D eigenvalue weighted by Gasteiger charge is 2.06. The van der Waals surface area contributed by atoms with E-state index in [4.69, 9.17) is 21.1 Å². The fourth-order valence-electron chi connectivity index (χ4n) is 1.23. The lowest BCUT2D eigenvalue weighted by atomic mass is 10.3. The van der Waals surface area contributed by atoms with Crippen LogP contribution in [0, 0.1) is 0 Å². The van der Waals surface area contributed by atoms with Crippen molar-refractivity contribution in [1.82, 2.24) is 5.32 Å². The number of amides is 1. The summed E-state index contributed by atoms with van der Waals surface area (Å²) in [6, 6.07) is 7.20. The highest BCUT2D eigenvalue weighted by Crippen LogP contribution is 2.26. The molecule has 0 aliphatic heterocycles. The second kappa shape index (κ2) is 7.61. The first kappa shape index (κ1) is 14.4. The van der Waals surface area contributed by atoms with E-state index in [1.165, 1.54) is 0 Å². The number of halogens is 1. The molecule has 0 atom stereocenters. The summed E-state index contributed by atoms with van der Waals surface area (Å²) >= 11 is 5.54. The summed E-state index contributed by atoms with van der Waals surface area (Å²) in [4.78, 5) is 11.4. The van der Waals surface area contributed by atoms with Gasteiger partial charge < -0.3 is 14.8 Å². The Morgan fingerprint density at radius 3 is 2.50 bits per heavy atom. The SMILES string of the molecule is C=C(Cl)CNC(=O)COc1ccccc1OCC. The van der Waals surface area contributed by atoms with Gasteiger partial charge in [-0.25, -0.2) is 0 Å². The van der Waals surface area contributed by atoms with Crippen LogP contribution in [0.1, 0.15) is 6.92 Å². The lowest BCUT2D eigenvalue weighted by molar-refractivity contribution is -0.122. The third-order valence-electron chi connectivity index (χ3n) is 1.99. The standard InChI is InChI=1S/C13H16ClNO3/c1-3-17-11-6-4-5-7-12(11)18-9-13(16)15-8-10(2)14/h4-7H,2-3,8-9H2,1H3,(H,15,16). The van der Waals surface area contributed by atoms with Crippen molar-refractivity contribution in [2.75, 3.05) is 19.8 Å². The summed E-state index contributed by atoms with van der Waals surface area (Å²) in [5.74, 6) is 0.900. The molecule has 4 nitrogen and oxygen atoms in total. The van der Waals surface area contributed by atoms with E-state index in [9.17, 15) is 4.79 Å². The molecule has 0 saturated carbocycles. The predicted molar refractivity (Wildman–Crippen MR) is 71.1 cm³/mol. The first-order valence-electron chi connectivity index (χ1n) is 5.58. The van der Waals surface area contributed by atoms with Crippen molar-refractivity contribution in [3.05, 3.63) is 35.9 Å². The van der Waals surface area contributed by atoms with Crippen LogP contribution >= 0.6 is 11.6 Å². The molecule has 0 unspecified atom stereocenters. The zero-order chi connectivity index (χ0) is 13.4. The zero-order valence-corrected chi connectivity index (χ0v) is 11.0. The molecular formula is C13H16ClNO3. The zero-order valence-electron chi connectivity index (χ0n) is 10.2. The molecule has 0 heterocycles. The number of benzene rings is 1. The van der Waals surface area contributed by atoms with Gasteiger partial charge in [0.05, 0.1) is 13.2 Å². The van der Waals surface area contributed by atoms with Gasteiger partial charge in [-0.15, -0.1) is 0 Å². The van der Waals surface area contributed by atoms with Crippen molar-refractivity contribution in [2.24, 2.45) is 0 Å². The number of carbonyl (C=O) groups is 1. The van der Waals surface area contributed by atoms with E-state index in [1.54, 1.807) is 12.1 Å². The van der Waals surface area contributed by atoms with Crippen LogP contribution in [0.3, 0.4) is 0 Å². The van der Waals surface area contributed by atoms with Crippen LogP contribution in [0.5, 0.6) is 11.5 Å². The Labute approximate surface area is 112 Å². The maximum atomic E-state index is 11.4. The molecule has 1 N–H and O–H groups in total. The van der Waals surface area contributed by atoms with Crippen molar-refractivity contribution >= 4 is 17.5 Å². The Morgan fingerprint density at radius 2 is 1.94 bits per heavy atom. The van der Waals surface area contributed by atoms with E-state index in [0.717, 1.165) is 0 Å². The van der Waals surface area contributed by atoms with E-state index < -0.39 is 0 Å². The van der Waals surface area contributed by atoms with E-state index in [1.807, 2.05) is 19.1 Å². The molecule has 18 heavy (non-hydrogen) atoms. The molecule has 1 rings (SSSR count). The van der Waals surface area contributed by atoms with Crippen LogP contribution in [0.15, 0.2) is 35.9 Å². The molecular weight excluding hydrogens is 254 g/mol. The topological polar surface area (TPSA) is 47.6 Å². The summed E-state index contributed by atoms with van der Waals surface area (Å²) in [5.41, 5.74) is 0. The minimum atomic E-state index is -0.261. The molecule has 0 spiro atoms. The summed E-state index contributed by atoms with van der Waals surface area (Å²) in [5, 5.41) is 2.94. The number of rotatable bonds is 7. The largest absolute Gasteiger partial charge is 0.490 e. The highest BCUT2D eigenvalue weighted by atomic mass is 35.5. The summed E-state index contributed by atoms with van der Waals surface area (Å²) in [6.45, 7) is 6.04. The lowest BCUT2D eigenvalue weighted by Gasteiger charge is -2.11. The molecule has 1 aromatic carbocycles. The summed E-state index contributed by atoms with van der Waals surface area (Å²) in [6.07, 6.45) is 0. The first-order chi connectivity index (χ1) is 8.63. The second-order valence-electron chi connectivity index (χ2n) is 3.46. The van der Waals surface area contributed by atoms with Crippen molar-refractivity contribution < 1.29 is 14.3 Å². The number of hydrogen-bond acceptors (Lipinski definition) is 3. The van der Waals surface area contributed by atoms with Gasteiger partial charge in [-0.1, -0.05) is 30.3 Å². The third-order valence-corrected chi connectivity index (χ3v) is 2.12. The molecule has 1 aromatic rings. The van der Waals surface area contributed by atoms with E-state index in [2.05, 4.69) is 11.9 Å². The van der Waals surface area contributed by atoms with Crippen molar-refractivity contribution in [1.29, 1.82) is 0 Å². The van der Waals surface area contributed by atoms with Crippen LogP contribution in [0.2, 0.25) is 0 Å². The van der Waals surface area contributed by atoms with Crippen LogP contribution in [-0.4, -0.2) is 25.7 Å². The molecule has 0 radical (unpaired) electrons. The normalized spacial score (nSPS) is 9.67. The van der Waals surface area contributed by atoms with Gasteiger partial charge in [0.25, 0.3) is 5.91 Å². The molecule has 0 aliphatic carbocycles. The number of carbonyl (C=O) groups excluding carboxylic acids is 1. The Hall–Kier alpha value is -1.68. The third kappa shape index (κ3) is 5.10. The van der Waals surface area contributed by atoms with Crippen LogP contribution in [0.4, 0.5) is 0 Å². The smallest absolute Gasteiger partial charge is 0.258 e. The molecule has 0 fully saturated rings. The van der Waals surface area contributed by atoms with Gasteiger partial charge in [-0.3, -0.25) is 4.79 Å². The summed E-state index contributed by atoms with van der Waals surface area (Å²) in [7, 11) is 0. The van der Waals surface area contributed by atoms with Gasteiger partial charge >= 0.3 is 0 Å². The van der Waals surface area contributed by atoms with Gasteiger partial charge in [0.1, 0.15) is 0 Å². The fraction of sp³-hybridized carbons (Fsp3) is 0.308. The minimum Gasteiger partial charge on any atom is -0.490 e. The Kier molecular flexibility index (Phi) is 6.08. The van der Waals surface area contributed by atoms with Crippen LogP contribution < -0.4 is 14.8 Å². The number of hydrogen-bond donors (Lipinski definition) is 1. The van der Waals surface area contributed by atoms with Crippen LogP contribution in [0.25, 0.3) is 0 Å². The maximum Gasteiger partial charge on any atom is 0.258 e. The van der Waals surface area contributed by atoms with Gasteiger partial charge in [0.15, 0.2) is 18.1 Å². The van der Waals surface area contributed by atoms with Crippen LogP contribution in [-0.2, 0) is 4.79 Å². The Bertz CT molecular complexity index is 420. The minimum absolute atomic E-state index is 0.0890.